The molecule has 0 aromatic heterocycles. The number of hydrogen-bond acceptors (Lipinski definition) is 11. The van der Waals surface area contributed by atoms with E-state index in [0.717, 1.165) is 83.5 Å². The molecule has 0 aliphatic carbocycles. The van der Waals surface area contributed by atoms with Crippen molar-refractivity contribution in [2.75, 3.05) is 19.8 Å². The summed E-state index contributed by atoms with van der Waals surface area (Å²) in [5.41, 5.74) is 0. The van der Waals surface area contributed by atoms with Crippen LogP contribution in [0.25, 0.3) is 0 Å². The van der Waals surface area contributed by atoms with Crippen LogP contribution in [0.15, 0.2) is 109 Å². The van der Waals surface area contributed by atoms with Crippen LogP contribution in [0, 0.1) is 0 Å². The topological polar surface area (TPSA) is 158 Å². The molecule has 1 aliphatic heterocycles. The van der Waals surface area contributed by atoms with Crippen LogP contribution in [0.2, 0.25) is 0 Å². The van der Waals surface area contributed by atoms with Crippen LogP contribution in [-0.2, 0) is 38.1 Å². The molecule has 0 radical (unpaired) electrons. The quantitative estimate of drug-likeness (QED) is 0.0231. The van der Waals surface area contributed by atoms with E-state index >= 15 is 0 Å². The molecule has 0 amide bonds. The molecule has 0 aromatic rings. The van der Waals surface area contributed by atoms with Crippen LogP contribution >= 0.6 is 0 Å². The van der Waals surface area contributed by atoms with Crippen molar-refractivity contribution in [3.05, 3.63) is 109 Å². The van der Waals surface area contributed by atoms with Crippen molar-refractivity contribution in [1.29, 1.82) is 0 Å². The van der Waals surface area contributed by atoms with Crippen molar-refractivity contribution in [2.45, 2.75) is 250 Å². The van der Waals surface area contributed by atoms with Gasteiger partial charge in [-0.15, -0.1) is 0 Å². The normalized spacial score (nSPS) is 19.1. The molecule has 420 valence electrons. The third-order valence-corrected chi connectivity index (χ3v) is 12.4. The van der Waals surface area contributed by atoms with Gasteiger partial charge < -0.3 is 39.0 Å². The van der Waals surface area contributed by atoms with E-state index in [4.69, 9.17) is 23.7 Å². The lowest BCUT2D eigenvalue weighted by Crippen LogP contribution is -2.59. The molecule has 1 aliphatic rings. The average molecular weight is 1040 g/mol. The Morgan fingerprint density at radius 3 is 1.34 bits per heavy atom. The van der Waals surface area contributed by atoms with Crippen LogP contribution in [0.3, 0.4) is 0 Å². The molecule has 1 saturated heterocycles. The molecule has 6 atom stereocenters. The molecule has 11 nitrogen and oxygen atoms in total. The van der Waals surface area contributed by atoms with Crippen molar-refractivity contribution < 1.29 is 53.4 Å². The van der Waals surface area contributed by atoms with Gasteiger partial charge in [-0.2, -0.15) is 0 Å². The highest BCUT2D eigenvalue weighted by atomic mass is 16.7. The first-order valence-electron chi connectivity index (χ1n) is 28.9. The number of unbranched alkanes of at least 4 members (excludes halogenated alkanes) is 16. The molecular formula is C63H102O11. The highest BCUT2D eigenvalue weighted by Crippen LogP contribution is 2.24. The summed E-state index contributed by atoms with van der Waals surface area (Å²) in [4.78, 5) is 38.4. The number of aliphatic hydroxyl groups is 3. The first kappa shape index (κ1) is 67.9. The molecule has 6 unspecified atom stereocenters. The van der Waals surface area contributed by atoms with E-state index in [1.807, 2.05) is 12.2 Å². The van der Waals surface area contributed by atoms with Crippen molar-refractivity contribution in [3.63, 3.8) is 0 Å². The standard InChI is InChI=1S/C63H102O11/c1-4-7-10-13-16-19-22-25-28-31-34-37-40-43-46-49-57(64)70-52-55(73-59(66)51-48-45-42-39-36-33-30-27-24-21-18-15-12-9-6-3)53-72-63-62(69)61(68)60(67)56(74-63)54-71-58(65)50-47-44-41-38-35-32-29-26-23-20-17-14-11-8-5-2/h7,9-10,12,16,18-19,21,25,27-28,30,34,36-37,39,43,46,55-56,60-63,67-69H,4-6,8,11,13-15,17,20,22-24,26,29,31-33,35,38,40-42,44-45,47-54H2,1-3H3. The van der Waals surface area contributed by atoms with Gasteiger partial charge in [0.1, 0.15) is 37.6 Å². The average Bonchev–Trinajstić information content (AvgIpc) is 3.39. The van der Waals surface area contributed by atoms with Gasteiger partial charge in [0.25, 0.3) is 0 Å². The van der Waals surface area contributed by atoms with Gasteiger partial charge in [-0.25, -0.2) is 0 Å². The third-order valence-electron chi connectivity index (χ3n) is 12.4. The zero-order valence-electron chi connectivity index (χ0n) is 46.3. The van der Waals surface area contributed by atoms with E-state index in [1.165, 1.54) is 70.6 Å². The second-order valence-electron chi connectivity index (χ2n) is 19.2. The maximum absolute atomic E-state index is 13.0. The Bertz CT molecular complexity index is 1640. The molecule has 1 fully saturated rings. The molecule has 0 aromatic carbocycles. The largest absolute Gasteiger partial charge is 0.463 e. The van der Waals surface area contributed by atoms with Crippen LogP contribution in [-0.4, -0.2) is 89.9 Å². The molecule has 0 saturated carbocycles. The Morgan fingerprint density at radius 1 is 0.432 bits per heavy atom. The lowest BCUT2D eigenvalue weighted by atomic mass is 9.99. The van der Waals surface area contributed by atoms with E-state index in [-0.39, 0.29) is 39.1 Å². The van der Waals surface area contributed by atoms with Crippen LogP contribution < -0.4 is 0 Å². The molecule has 0 bridgehead atoms. The van der Waals surface area contributed by atoms with Gasteiger partial charge in [0.2, 0.25) is 0 Å². The second kappa shape index (κ2) is 51.0. The Balaban J connectivity index is 2.62. The van der Waals surface area contributed by atoms with Crippen molar-refractivity contribution in [3.8, 4) is 0 Å². The van der Waals surface area contributed by atoms with E-state index in [2.05, 4.69) is 112 Å². The highest BCUT2D eigenvalue weighted by molar-refractivity contribution is 5.71. The van der Waals surface area contributed by atoms with Gasteiger partial charge in [0, 0.05) is 12.8 Å². The summed E-state index contributed by atoms with van der Waals surface area (Å²) in [5, 5.41) is 32.2. The third kappa shape index (κ3) is 41.2. The number of aliphatic hydroxyl groups excluding tert-OH is 3. The first-order valence-corrected chi connectivity index (χ1v) is 28.9. The zero-order chi connectivity index (χ0) is 53.8. The molecule has 1 rings (SSSR count). The summed E-state index contributed by atoms with van der Waals surface area (Å²) in [7, 11) is 0. The summed E-state index contributed by atoms with van der Waals surface area (Å²) in [6, 6.07) is 0. The van der Waals surface area contributed by atoms with E-state index in [9.17, 15) is 29.7 Å². The maximum atomic E-state index is 13.0. The van der Waals surface area contributed by atoms with Crippen molar-refractivity contribution in [2.24, 2.45) is 0 Å². The minimum Gasteiger partial charge on any atom is -0.463 e. The maximum Gasteiger partial charge on any atom is 0.309 e. The van der Waals surface area contributed by atoms with Gasteiger partial charge in [0.15, 0.2) is 12.4 Å². The SMILES string of the molecule is CCC=CCC=CCC=CCC=CCC=CCC(=O)OCC(COC1OC(COC(=O)CCCCCCCCCCCCCCCCC)C(O)C(O)C1O)OC(=O)CCCCC=CCC=CCC=CCC=CCC. The Kier molecular flexibility index (Phi) is 46.8. The Hall–Kier alpha value is -4.13. The fraction of sp³-hybridized carbons (Fsp3) is 0.667. The number of ether oxygens (including phenoxy) is 5. The number of allylic oxidation sites excluding steroid dienone is 17. The molecule has 1 heterocycles. The van der Waals surface area contributed by atoms with Crippen LogP contribution in [0.4, 0.5) is 0 Å². The predicted molar refractivity (Wildman–Crippen MR) is 302 cm³/mol. The minimum atomic E-state index is -1.67. The number of carbonyl (C=O) groups excluding carboxylic acids is 3. The fourth-order valence-corrected chi connectivity index (χ4v) is 7.95. The monoisotopic (exact) mass is 1030 g/mol. The van der Waals surface area contributed by atoms with Gasteiger partial charge in [-0.1, -0.05) is 220 Å². The van der Waals surface area contributed by atoms with E-state index in [1.54, 1.807) is 6.08 Å². The molecule has 11 heteroatoms. The summed E-state index contributed by atoms with van der Waals surface area (Å²) in [6.07, 6.45) is 58.2. The molecule has 74 heavy (non-hydrogen) atoms. The first-order chi connectivity index (χ1) is 36.2. The number of carbonyl (C=O) groups is 3. The van der Waals surface area contributed by atoms with Gasteiger partial charge in [-0.3, -0.25) is 14.4 Å². The summed E-state index contributed by atoms with van der Waals surface area (Å²) >= 11 is 0. The molecular weight excluding hydrogens is 933 g/mol. The minimum absolute atomic E-state index is 0.0146. The zero-order valence-corrected chi connectivity index (χ0v) is 46.3. The molecule has 0 spiro atoms. The fourth-order valence-electron chi connectivity index (χ4n) is 7.95. The van der Waals surface area contributed by atoms with Crippen molar-refractivity contribution >= 4 is 17.9 Å². The second-order valence-corrected chi connectivity index (χ2v) is 19.2. The Labute approximate surface area is 449 Å². The highest BCUT2D eigenvalue weighted by Gasteiger charge is 2.45. The summed E-state index contributed by atoms with van der Waals surface area (Å²) < 4.78 is 28.2. The van der Waals surface area contributed by atoms with Gasteiger partial charge in [-0.05, 0) is 83.5 Å². The molecule has 3 N–H and O–H groups in total. The van der Waals surface area contributed by atoms with E-state index < -0.39 is 54.7 Å². The van der Waals surface area contributed by atoms with Gasteiger partial charge in [0.05, 0.1) is 13.0 Å². The van der Waals surface area contributed by atoms with E-state index in [0.29, 0.717) is 19.3 Å². The summed E-state index contributed by atoms with van der Waals surface area (Å²) in [5.74, 6) is -1.47. The van der Waals surface area contributed by atoms with Crippen LogP contribution in [0.5, 0.6) is 0 Å². The number of esters is 3. The lowest BCUT2D eigenvalue weighted by molar-refractivity contribution is -0.305. The lowest BCUT2D eigenvalue weighted by Gasteiger charge is -2.40. The number of rotatable bonds is 47. The summed E-state index contributed by atoms with van der Waals surface area (Å²) in [6.45, 7) is 5.49. The van der Waals surface area contributed by atoms with Crippen molar-refractivity contribution in [1.82, 2.24) is 0 Å². The smallest absolute Gasteiger partial charge is 0.309 e. The van der Waals surface area contributed by atoms with Gasteiger partial charge >= 0.3 is 17.9 Å². The Morgan fingerprint density at radius 2 is 0.851 bits per heavy atom. The predicted octanol–water partition coefficient (Wildman–Crippen LogP) is 14.6. The van der Waals surface area contributed by atoms with Crippen LogP contribution in [0.1, 0.15) is 213 Å². The number of hydrogen-bond donors (Lipinski definition) is 3.